The van der Waals surface area contributed by atoms with E-state index in [1.165, 1.54) is 12.7 Å². The second kappa shape index (κ2) is 9.92. The Morgan fingerprint density at radius 1 is 1.20 bits per heavy atom. The van der Waals surface area contributed by atoms with Crippen LogP contribution in [-0.2, 0) is 6.54 Å². The molecular weight excluding hydrogens is 385 g/mol. The lowest BCUT2D eigenvalue weighted by Crippen LogP contribution is -2.30. The summed E-state index contributed by atoms with van der Waals surface area (Å²) < 4.78 is 5.22. The molecule has 2 aromatic rings. The van der Waals surface area contributed by atoms with Crippen molar-refractivity contribution in [3.8, 4) is 0 Å². The normalized spacial score (nSPS) is 13.6. The molecule has 0 radical (unpaired) electrons. The average molecular weight is 407 g/mol. The lowest BCUT2D eigenvalue weighted by Gasteiger charge is -2.30. The van der Waals surface area contributed by atoms with Gasteiger partial charge in [-0.05, 0) is 43.5 Å². The van der Waals surface area contributed by atoms with E-state index in [9.17, 15) is 4.79 Å². The van der Waals surface area contributed by atoms with Crippen LogP contribution in [-0.4, -0.2) is 19.0 Å². The molecule has 0 saturated carbocycles. The van der Waals surface area contributed by atoms with Gasteiger partial charge in [-0.1, -0.05) is 11.6 Å². The fourth-order valence-electron chi connectivity index (χ4n) is 2.82. The molecule has 0 atom stereocenters. The van der Waals surface area contributed by atoms with Crippen molar-refractivity contribution in [3.63, 3.8) is 0 Å². The van der Waals surface area contributed by atoms with Crippen LogP contribution in [0.1, 0.15) is 35.4 Å². The van der Waals surface area contributed by atoms with E-state index in [1.54, 1.807) is 12.1 Å². The van der Waals surface area contributed by atoms with Gasteiger partial charge in [0.05, 0.1) is 23.5 Å². The van der Waals surface area contributed by atoms with Crippen molar-refractivity contribution in [2.75, 3.05) is 23.3 Å². The molecule has 0 bridgehead atoms. The summed E-state index contributed by atoms with van der Waals surface area (Å²) in [4.78, 5) is 14.7. The van der Waals surface area contributed by atoms with Crippen molar-refractivity contribution in [2.24, 2.45) is 5.73 Å². The van der Waals surface area contributed by atoms with E-state index < -0.39 is 0 Å². The summed E-state index contributed by atoms with van der Waals surface area (Å²) in [6.45, 7) is 2.25. The maximum atomic E-state index is 12.4. The first-order valence-electron chi connectivity index (χ1n) is 7.80. The molecule has 138 valence electrons. The number of anilines is 2. The lowest BCUT2D eigenvalue weighted by atomic mass is 10.1. The van der Waals surface area contributed by atoms with Gasteiger partial charge in [0, 0.05) is 18.1 Å². The number of piperidine rings is 1. The third-order valence-electron chi connectivity index (χ3n) is 4.02. The van der Waals surface area contributed by atoms with Crippen molar-refractivity contribution in [3.05, 3.63) is 46.9 Å². The van der Waals surface area contributed by atoms with Gasteiger partial charge < -0.3 is 20.4 Å². The Labute approximate surface area is 164 Å². The Hall–Kier alpha value is -1.40. The number of nitrogens with two attached hydrogens (primary N) is 1. The number of nitrogens with one attached hydrogen (secondary N) is 1. The van der Waals surface area contributed by atoms with Crippen molar-refractivity contribution in [2.45, 2.75) is 25.8 Å². The van der Waals surface area contributed by atoms with Crippen LogP contribution in [0.25, 0.3) is 0 Å². The van der Waals surface area contributed by atoms with E-state index in [2.05, 4.69) is 10.2 Å². The van der Waals surface area contributed by atoms with Crippen LogP contribution < -0.4 is 16.0 Å². The summed E-state index contributed by atoms with van der Waals surface area (Å²) in [5.74, 6) is 0.353. The van der Waals surface area contributed by atoms with Gasteiger partial charge in [0.2, 0.25) is 0 Å². The Morgan fingerprint density at radius 2 is 1.92 bits per heavy atom. The highest BCUT2D eigenvalue weighted by atomic mass is 35.5. The molecule has 25 heavy (non-hydrogen) atoms. The fourth-order valence-corrected chi connectivity index (χ4v) is 2.99. The number of carbonyl (C=O) groups is 1. The van der Waals surface area contributed by atoms with Crippen molar-refractivity contribution in [1.82, 2.24) is 0 Å². The molecule has 1 amide bonds. The van der Waals surface area contributed by atoms with Gasteiger partial charge in [-0.3, -0.25) is 4.79 Å². The SMILES string of the molecule is Cl.Cl.NCc1cc(C(=O)Nc2cc(Cl)ccc2N2CCCCC2)co1. The van der Waals surface area contributed by atoms with Gasteiger partial charge in [0.1, 0.15) is 12.0 Å². The monoisotopic (exact) mass is 405 g/mol. The Balaban J connectivity index is 0.00000156. The molecule has 0 spiro atoms. The van der Waals surface area contributed by atoms with Crippen LogP contribution in [0.5, 0.6) is 0 Å². The maximum absolute atomic E-state index is 12.4. The minimum Gasteiger partial charge on any atom is -0.467 e. The van der Waals surface area contributed by atoms with E-state index >= 15 is 0 Å². The topological polar surface area (TPSA) is 71.5 Å². The fraction of sp³-hybridized carbons (Fsp3) is 0.353. The van der Waals surface area contributed by atoms with Gasteiger partial charge >= 0.3 is 0 Å². The second-order valence-corrected chi connectivity index (χ2v) is 6.11. The summed E-state index contributed by atoms with van der Waals surface area (Å²) in [6.07, 6.45) is 5.00. The van der Waals surface area contributed by atoms with Gasteiger partial charge in [0.15, 0.2) is 0 Å². The number of furan rings is 1. The molecule has 1 aliphatic heterocycles. The Bertz CT molecular complexity index is 700. The molecule has 1 aliphatic rings. The number of rotatable bonds is 4. The maximum Gasteiger partial charge on any atom is 0.258 e. The van der Waals surface area contributed by atoms with Crippen molar-refractivity contribution < 1.29 is 9.21 Å². The van der Waals surface area contributed by atoms with Crippen LogP contribution >= 0.6 is 36.4 Å². The number of nitrogens with zero attached hydrogens (tertiary/aromatic N) is 1. The molecule has 0 unspecified atom stereocenters. The first kappa shape index (κ1) is 21.6. The van der Waals surface area contributed by atoms with E-state index in [1.807, 2.05) is 12.1 Å². The van der Waals surface area contributed by atoms with Crippen LogP contribution in [0.2, 0.25) is 5.02 Å². The number of hydrogen-bond acceptors (Lipinski definition) is 4. The zero-order valence-electron chi connectivity index (χ0n) is 13.7. The standard InChI is InChI=1S/C17H20ClN3O2.2ClH/c18-13-4-5-16(21-6-2-1-3-7-21)15(9-13)20-17(22)12-8-14(10-19)23-11-12;;/h4-5,8-9,11H,1-3,6-7,10,19H2,(H,20,22);2*1H. The van der Waals surface area contributed by atoms with E-state index in [4.69, 9.17) is 21.8 Å². The first-order valence-corrected chi connectivity index (χ1v) is 8.18. The summed E-state index contributed by atoms with van der Waals surface area (Å²) in [6, 6.07) is 7.25. The predicted octanol–water partition coefficient (Wildman–Crippen LogP) is 4.48. The molecule has 0 aliphatic carbocycles. The summed E-state index contributed by atoms with van der Waals surface area (Å²) >= 11 is 6.11. The lowest BCUT2D eigenvalue weighted by molar-refractivity contribution is 0.102. The molecule has 1 aromatic carbocycles. The predicted molar refractivity (Wildman–Crippen MR) is 107 cm³/mol. The molecule has 1 aromatic heterocycles. The van der Waals surface area contributed by atoms with Gasteiger partial charge in [-0.15, -0.1) is 24.8 Å². The Morgan fingerprint density at radius 3 is 2.56 bits per heavy atom. The number of benzene rings is 1. The molecule has 3 N–H and O–H groups in total. The van der Waals surface area contributed by atoms with E-state index in [-0.39, 0.29) is 37.3 Å². The largest absolute Gasteiger partial charge is 0.467 e. The van der Waals surface area contributed by atoms with E-state index in [0.717, 1.165) is 37.3 Å². The molecule has 5 nitrogen and oxygen atoms in total. The Kier molecular flexibility index (Phi) is 8.59. The third-order valence-corrected chi connectivity index (χ3v) is 4.26. The van der Waals surface area contributed by atoms with Crippen LogP contribution in [0, 0.1) is 0 Å². The minimum atomic E-state index is -0.228. The molecule has 3 rings (SSSR count). The summed E-state index contributed by atoms with van der Waals surface area (Å²) in [5, 5.41) is 3.53. The van der Waals surface area contributed by atoms with E-state index in [0.29, 0.717) is 16.3 Å². The molecular formula is C17H22Cl3N3O2. The van der Waals surface area contributed by atoms with Crippen molar-refractivity contribution in [1.29, 1.82) is 0 Å². The highest BCUT2D eigenvalue weighted by molar-refractivity contribution is 6.31. The smallest absolute Gasteiger partial charge is 0.258 e. The summed E-state index contributed by atoms with van der Waals surface area (Å²) in [5.41, 5.74) is 7.69. The first-order chi connectivity index (χ1) is 11.2. The quantitative estimate of drug-likeness (QED) is 0.785. The highest BCUT2D eigenvalue weighted by Gasteiger charge is 2.17. The third kappa shape index (κ3) is 5.28. The van der Waals surface area contributed by atoms with Gasteiger partial charge in [-0.2, -0.15) is 0 Å². The number of amides is 1. The molecule has 1 saturated heterocycles. The van der Waals surface area contributed by atoms with Crippen LogP contribution in [0.15, 0.2) is 34.9 Å². The molecule has 1 fully saturated rings. The number of halogens is 3. The second-order valence-electron chi connectivity index (χ2n) is 5.67. The highest BCUT2D eigenvalue weighted by Crippen LogP contribution is 2.31. The zero-order chi connectivity index (χ0) is 16.2. The van der Waals surface area contributed by atoms with Crippen molar-refractivity contribution >= 4 is 53.7 Å². The number of carbonyl (C=O) groups excluding carboxylic acids is 1. The van der Waals surface area contributed by atoms with Gasteiger partial charge in [0.25, 0.3) is 5.91 Å². The molecule has 8 heteroatoms. The van der Waals surface area contributed by atoms with Crippen LogP contribution in [0.3, 0.4) is 0 Å². The minimum absolute atomic E-state index is 0. The summed E-state index contributed by atoms with van der Waals surface area (Å²) in [7, 11) is 0. The zero-order valence-corrected chi connectivity index (χ0v) is 16.1. The van der Waals surface area contributed by atoms with Crippen LogP contribution in [0.4, 0.5) is 11.4 Å². The average Bonchev–Trinajstić information content (AvgIpc) is 3.05. The molecule has 2 heterocycles. The van der Waals surface area contributed by atoms with Gasteiger partial charge in [-0.25, -0.2) is 0 Å². The number of hydrogen-bond donors (Lipinski definition) is 2.